The van der Waals surface area contributed by atoms with Crippen LogP contribution in [0, 0.1) is 11.2 Å². The Morgan fingerprint density at radius 3 is 2.59 bits per heavy atom. The van der Waals surface area contributed by atoms with Crippen LogP contribution in [0.15, 0.2) is 48.7 Å². The number of nitrogens with one attached hydrogen (secondary N) is 2. The van der Waals surface area contributed by atoms with Crippen LogP contribution in [0.2, 0.25) is 0 Å². The van der Waals surface area contributed by atoms with E-state index in [-0.39, 0.29) is 17.1 Å². The highest BCUT2D eigenvalue weighted by molar-refractivity contribution is 6.00. The topological polar surface area (TPSA) is 127 Å². The third-order valence-corrected chi connectivity index (χ3v) is 5.48. The first-order valence-corrected chi connectivity index (χ1v) is 9.41. The second kappa shape index (κ2) is 7.46. The van der Waals surface area contributed by atoms with Gasteiger partial charge in [-0.15, -0.1) is 10.2 Å². The minimum absolute atomic E-state index is 0.0750. The van der Waals surface area contributed by atoms with Crippen LogP contribution in [0.1, 0.15) is 30.5 Å². The van der Waals surface area contributed by atoms with Crippen LogP contribution in [-0.2, 0) is 5.41 Å². The molecule has 8 heteroatoms. The lowest BCUT2D eigenvalue weighted by molar-refractivity contribution is 0.243. The second-order valence-electron chi connectivity index (χ2n) is 7.34. The molecule has 0 bridgehead atoms. The summed E-state index contributed by atoms with van der Waals surface area (Å²) in [5.74, 6) is 0.278. The number of hydrogen-bond acceptors (Lipinski definition) is 6. The molecule has 2 heterocycles. The van der Waals surface area contributed by atoms with E-state index in [1.54, 1.807) is 30.5 Å². The molecule has 6 N–H and O–H groups in total. The van der Waals surface area contributed by atoms with E-state index in [0.717, 1.165) is 24.8 Å². The van der Waals surface area contributed by atoms with Crippen LogP contribution in [0.5, 0.6) is 0 Å². The molecular formula is C21H22FN7. The molecule has 1 saturated carbocycles. The number of hydrogen-bond donors (Lipinski definition) is 4. The van der Waals surface area contributed by atoms with Gasteiger partial charge in [-0.1, -0.05) is 12.5 Å². The Balaban J connectivity index is 1.48. The van der Waals surface area contributed by atoms with Gasteiger partial charge in [-0.2, -0.15) is 0 Å². The summed E-state index contributed by atoms with van der Waals surface area (Å²) >= 11 is 0. The maximum atomic E-state index is 14.2. The van der Waals surface area contributed by atoms with Gasteiger partial charge in [0.2, 0.25) is 0 Å². The van der Waals surface area contributed by atoms with E-state index in [2.05, 4.69) is 20.5 Å². The highest BCUT2D eigenvalue weighted by Gasteiger charge is 2.41. The van der Waals surface area contributed by atoms with Crippen molar-refractivity contribution in [2.24, 2.45) is 5.73 Å². The third kappa shape index (κ3) is 3.61. The minimum Gasteiger partial charge on any atom is -0.398 e. The smallest absolute Gasteiger partial charge is 0.148 e. The van der Waals surface area contributed by atoms with Gasteiger partial charge in [-0.05, 0) is 49.2 Å². The Kier molecular flexibility index (Phi) is 4.84. The van der Waals surface area contributed by atoms with Crippen molar-refractivity contribution in [1.29, 1.82) is 5.41 Å². The summed E-state index contributed by atoms with van der Waals surface area (Å²) in [6.45, 7) is 0.551. The average molecular weight is 391 g/mol. The van der Waals surface area contributed by atoms with Crippen molar-refractivity contribution in [2.75, 3.05) is 17.6 Å². The molecule has 0 spiro atoms. The summed E-state index contributed by atoms with van der Waals surface area (Å²) in [7, 11) is 0. The van der Waals surface area contributed by atoms with Crippen LogP contribution in [0.3, 0.4) is 0 Å². The number of halogens is 1. The summed E-state index contributed by atoms with van der Waals surface area (Å²) in [5.41, 5.74) is 14.0. The molecule has 0 aliphatic heterocycles. The maximum Gasteiger partial charge on any atom is 0.148 e. The number of benzene rings is 1. The van der Waals surface area contributed by atoms with Crippen molar-refractivity contribution in [2.45, 2.75) is 24.7 Å². The lowest BCUT2D eigenvalue weighted by Gasteiger charge is -2.41. The number of anilines is 2. The molecule has 1 aliphatic rings. The fourth-order valence-electron chi connectivity index (χ4n) is 3.68. The number of aromatic nitrogens is 3. The Hall–Kier alpha value is -3.55. The summed E-state index contributed by atoms with van der Waals surface area (Å²) in [4.78, 5) is 4.28. The zero-order chi connectivity index (χ0) is 20.4. The van der Waals surface area contributed by atoms with Crippen molar-refractivity contribution >= 4 is 17.3 Å². The lowest BCUT2D eigenvalue weighted by Crippen LogP contribution is -2.42. The van der Waals surface area contributed by atoms with Crippen LogP contribution < -0.4 is 16.8 Å². The molecule has 0 saturated heterocycles. The van der Waals surface area contributed by atoms with E-state index in [1.165, 1.54) is 6.07 Å². The van der Waals surface area contributed by atoms with Crippen molar-refractivity contribution < 1.29 is 4.39 Å². The van der Waals surface area contributed by atoms with Gasteiger partial charge in [-0.25, -0.2) is 4.39 Å². The van der Waals surface area contributed by atoms with Crippen LogP contribution in [0.25, 0.3) is 11.3 Å². The zero-order valence-electron chi connectivity index (χ0n) is 15.8. The molecule has 29 heavy (non-hydrogen) atoms. The van der Waals surface area contributed by atoms with Gasteiger partial charge in [0.15, 0.2) is 0 Å². The van der Waals surface area contributed by atoms with Crippen molar-refractivity contribution in [3.05, 3.63) is 65.7 Å². The zero-order valence-corrected chi connectivity index (χ0v) is 15.8. The Labute approximate surface area is 167 Å². The Morgan fingerprint density at radius 2 is 2.00 bits per heavy atom. The minimum atomic E-state index is -0.303. The van der Waals surface area contributed by atoms with Crippen LogP contribution in [0.4, 0.5) is 15.9 Å². The third-order valence-electron chi connectivity index (χ3n) is 5.48. The number of nitrogens with zero attached hydrogens (tertiary/aromatic N) is 3. The molecule has 0 unspecified atom stereocenters. The van der Waals surface area contributed by atoms with Crippen molar-refractivity contribution in [3.63, 3.8) is 0 Å². The van der Waals surface area contributed by atoms with Gasteiger partial charge >= 0.3 is 0 Å². The molecule has 0 amide bonds. The van der Waals surface area contributed by atoms with E-state index in [1.807, 2.05) is 12.1 Å². The number of amidine groups is 1. The summed E-state index contributed by atoms with van der Waals surface area (Å²) in [6, 6.07) is 12.0. The molecular weight excluding hydrogens is 369 g/mol. The molecule has 3 aromatic rings. The number of pyridine rings is 1. The first kappa shape index (κ1) is 18.8. The summed E-state index contributed by atoms with van der Waals surface area (Å²) in [6.07, 6.45) is 4.47. The highest BCUT2D eigenvalue weighted by Crippen LogP contribution is 2.43. The quantitative estimate of drug-likeness (QED) is 0.291. The van der Waals surface area contributed by atoms with Gasteiger partial charge < -0.3 is 16.8 Å². The van der Waals surface area contributed by atoms with Crippen LogP contribution >= 0.6 is 0 Å². The predicted molar refractivity (Wildman–Crippen MR) is 111 cm³/mol. The molecule has 2 aromatic heterocycles. The molecule has 1 fully saturated rings. The second-order valence-corrected chi connectivity index (χ2v) is 7.34. The SMILES string of the molecule is N=C(N)c1ccc(-c2ccc(NCC3(c4ncccc4F)CCC3)nn2)cc1N. The maximum absolute atomic E-state index is 14.2. The number of nitrogens with two attached hydrogens (primary N) is 2. The van der Waals surface area contributed by atoms with Gasteiger partial charge in [-0.3, -0.25) is 10.4 Å². The van der Waals surface area contributed by atoms with Crippen molar-refractivity contribution in [3.8, 4) is 11.3 Å². The first-order chi connectivity index (χ1) is 14.0. The van der Waals surface area contributed by atoms with E-state index >= 15 is 0 Å². The van der Waals surface area contributed by atoms with Crippen LogP contribution in [-0.4, -0.2) is 27.6 Å². The molecule has 0 radical (unpaired) electrons. The molecule has 4 rings (SSSR count). The molecule has 0 atom stereocenters. The molecule has 148 valence electrons. The largest absolute Gasteiger partial charge is 0.398 e. The molecule has 1 aromatic carbocycles. The predicted octanol–water partition coefficient (Wildman–Crippen LogP) is 3.08. The first-order valence-electron chi connectivity index (χ1n) is 9.41. The summed E-state index contributed by atoms with van der Waals surface area (Å²) < 4.78 is 14.2. The average Bonchev–Trinajstić information content (AvgIpc) is 2.68. The fraction of sp³-hybridized carbons (Fsp3) is 0.238. The Morgan fingerprint density at radius 1 is 1.17 bits per heavy atom. The molecule has 1 aliphatic carbocycles. The van der Waals surface area contributed by atoms with E-state index in [0.29, 0.717) is 35.0 Å². The van der Waals surface area contributed by atoms with Crippen molar-refractivity contribution in [1.82, 2.24) is 15.2 Å². The fourth-order valence-corrected chi connectivity index (χ4v) is 3.68. The van der Waals surface area contributed by atoms with E-state index in [4.69, 9.17) is 16.9 Å². The van der Waals surface area contributed by atoms with Gasteiger partial charge in [0.05, 0.1) is 11.4 Å². The monoisotopic (exact) mass is 391 g/mol. The van der Waals surface area contributed by atoms with E-state index < -0.39 is 0 Å². The van der Waals surface area contributed by atoms with Gasteiger partial charge in [0.25, 0.3) is 0 Å². The Bertz CT molecular complexity index is 1050. The number of nitrogen functional groups attached to an aromatic ring is 2. The summed E-state index contributed by atoms with van der Waals surface area (Å²) in [5, 5.41) is 19.3. The lowest BCUT2D eigenvalue weighted by atomic mass is 9.66. The molecule has 7 nitrogen and oxygen atoms in total. The van der Waals surface area contributed by atoms with E-state index in [9.17, 15) is 4.39 Å². The van der Waals surface area contributed by atoms with Gasteiger partial charge in [0.1, 0.15) is 17.5 Å². The highest BCUT2D eigenvalue weighted by atomic mass is 19.1. The normalized spacial score (nSPS) is 14.8. The van der Waals surface area contributed by atoms with Gasteiger partial charge in [0, 0.05) is 35.0 Å². The number of rotatable bonds is 6. The standard InChI is InChI=1S/C21H22FN7/c22-15-3-1-10-26-19(15)21(8-2-9-21)12-27-18-7-6-17(28-29-18)13-4-5-14(20(24)25)16(23)11-13/h1,3-7,10-11H,2,8-9,12,23H2,(H3,24,25)(H,27,29).